The van der Waals surface area contributed by atoms with E-state index in [9.17, 15) is 5.11 Å². The summed E-state index contributed by atoms with van der Waals surface area (Å²) in [4.78, 5) is 6.70. The van der Waals surface area contributed by atoms with Gasteiger partial charge in [0.15, 0.2) is 5.96 Å². The van der Waals surface area contributed by atoms with E-state index in [-0.39, 0.29) is 22.7 Å². The van der Waals surface area contributed by atoms with Crippen LogP contribution >= 0.6 is 10.0 Å². The summed E-state index contributed by atoms with van der Waals surface area (Å²) in [6, 6.07) is 12.3. The third-order valence-electron chi connectivity index (χ3n) is 5.80. The van der Waals surface area contributed by atoms with Crippen molar-refractivity contribution in [2.24, 2.45) is 16.5 Å². The highest BCUT2D eigenvalue weighted by Crippen LogP contribution is 2.49. The van der Waals surface area contributed by atoms with Crippen molar-refractivity contribution in [3.05, 3.63) is 53.1 Å². The standard InChI is InChI=1S/C27H43N5O2S.2C2H6/c1-26(2,3)21-14-19(15-22(23(21)33)27(4,5)6)34-17-35(8,9)20-12-10-18(11-13-20)16-32(7)25(30)31-24(28)29;2*1-2/h10-15,33H,16-17H2,1-9H3,(H5,28,29,30,31);2*1-2H3. The van der Waals surface area contributed by atoms with E-state index in [1.807, 2.05) is 39.8 Å². The number of hydrogen-bond acceptors (Lipinski definition) is 3. The van der Waals surface area contributed by atoms with Gasteiger partial charge in [0.1, 0.15) is 17.4 Å². The quantitative estimate of drug-likeness (QED) is 0.221. The Hall–Kier alpha value is -2.87. The summed E-state index contributed by atoms with van der Waals surface area (Å²) in [5.41, 5.74) is 13.2. The second kappa shape index (κ2) is 15.1. The number of benzene rings is 2. The molecule has 0 atom stereocenters. The largest absolute Gasteiger partial charge is 0.507 e. The number of nitrogens with zero attached hydrogens (tertiary/aromatic N) is 2. The zero-order valence-electron chi connectivity index (χ0n) is 26.7. The van der Waals surface area contributed by atoms with Crippen LogP contribution in [-0.4, -0.2) is 47.4 Å². The molecule has 0 aliphatic rings. The molecule has 0 aromatic heterocycles. The fourth-order valence-corrected chi connectivity index (χ4v) is 5.08. The van der Waals surface area contributed by atoms with Gasteiger partial charge in [-0.2, -0.15) is 15.0 Å². The molecule has 0 aliphatic heterocycles. The topological polar surface area (TPSA) is 121 Å². The summed E-state index contributed by atoms with van der Waals surface area (Å²) in [5.74, 6) is 1.61. The maximum absolute atomic E-state index is 11.0. The third kappa shape index (κ3) is 11.0. The Morgan fingerprint density at radius 2 is 1.36 bits per heavy atom. The first kappa shape index (κ1) is 36.1. The van der Waals surface area contributed by atoms with Crippen LogP contribution in [0.25, 0.3) is 0 Å². The van der Waals surface area contributed by atoms with Gasteiger partial charge in [-0.3, -0.25) is 5.41 Å². The maximum Gasteiger partial charge on any atom is 0.221 e. The minimum absolute atomic E-state index is 0.0200. The highest BCUT2D eigenvalue weighted by Gasteiger charge is 2.27. The molecule has 0 amide bonds. The second-order valence-electron chi connectivity index (χ2n) is 11.5. The second-order valence-corrected chi connectivity index (χ2v) is 15.3. The van der Waals surface area contributed by atoms with Gasteiger partial charge >= 0.3 is 0 Å². The molecule has 6 N–H and O–H groups in total. The first-order valence-electron chi connectivity index (χ1n) is 13.6. The smallest absolute Gasteiger partial charge is 0.221 e. The van der Waals surface area contributed by atoms with Crippen molar-refractivity contribution in [3.63, 3.8) is 0 Å². The van der Waals surface area contributed by atoms with Crippen LogP contribution in [-0.2, 0) is 17.4 Å². The average Bonchev–Trinajstić information content (AvgIpc) is 2.84. The van der Waals surface area contributed by atoms with Gasteiger partial charge in [-0.05, 0) is 58.1 Å². The van der Waals surface area contributed by atoms with E-state index in [1.54, 1.807) is 11.9 Å². The predicted molar refractivity (Wildman–Crippen MR) is 173 cm³/mol. The molecule has 2 aromatic carbocycles. The van der Waals surface area contributed by atoms with E-state index >= 15 is 0 Å². The van der Waals surface area contributed by atoms with Crippen LogP contribution in [0.4, 0.5) is 0 Å². The van der Waals surface area contributed by atoms with Gasteiger partial charge in [0.05, 0.1) is 0 Å². The Morgan fingerprint density at radius 3 is 1.74 bits per heavy atom. The van der Waals surface area contributed by atoms with E-state index in [2.05, 4.69) is 83.3 Å². The Balaban J connectivity index is 0.00000344. The van der Waals surface area contributed by atoms with Crippen molar-refractivity contribution in [3.8, 4) is 11.5 Å². The van der Waals surface area contributed by atoms with E-state index in [4.69, 9.17) is 21.6 Å². The molecule has 222 valence electrons. The number of aliphatic imine (C=N–C) groups is 1. The maximum atomic E-state index is 11.0. The number of hydrogen-bond donors (Lipinski definition) is 4. The lowest BCUT2D eigenvalue weighted by Crippen LogP contribution is -2.30. The molecule has 0 heterocycles. The number of rotatable bonds is 6. The molecular weight excluding hydrogens is 506 g/mol. The van der Waals surface area contributed by atoms with Crippen molar-refractivity contribution in [2.75, 3.05) is 25.5 Å². The number of nitrogens with two attached hydrogens (primary N) is 2. The molecule has 7 nitrogen and oxygen atoms in total. The van der Waals surface area contributed by atoms with Gasteiger partial charge < -0.3 is 26.2 Å². The molecule has 0 saturated carbocycles. The van der Waals surface area contributed by atoms with E-state index in [0.717, 1.165) is 22.4 Å². The number of guanidine groups is 2. The Labute approximate surface area is 239 Å². The molecule has 0 aliphatic carbocycles. The first-order chi connectivity index (χ1) is 17.9. The third-order valence-corrected chi connectivity index (χ3v) is 8.05. The van der Waals surface area contributed by atoms with Gasteiger partial charge in [0.2, 0.25) is 5.96 Å². The van der Waals surface area contributed by atoms with Gasteiger partial charge in [0, 0.05) is 24.7 Å². The summed E-state index contributed by atoms with van der Waals surface area (Å²) in [6.45, 7) is 21.1. The minimum Gasteiger partial charge on any atom is -0.507 e. The SMILES string of the molecule is CC.CC.CN(Cc1ccc(S(C)(C)COc2cc(C(C)(C)C)c(O)c(C(C)(C)C)c2)cc1)C(=N)N=C(N)N. The molecule has 0 radical (unpaired) electrons. The normalized spacial score (nSPS) is 11.7. The summed E-state index contributed by atoms with van der Waals surface area (Å²) in [6.07, 6.45) is 4.47. The lowest BCUT2D eigenvalue weighted by molar-refractivity contribution is 0.378. The highest BCUT2D eigenvalue weighted by molar-refractivity contribution is 8.32. The molecule has 0 spiro atoms. The lowest BCUT2D eigenvalue weighted by atomic mass is 9.79. The van der Waals surface area contributed by atoms with Crippen molar-refractivity contribution in [1.82, 2.24) is 4.90 Å². The van der Waals surface area contributed by atoms with Crippen LogP contribution in [0.1, 0.15) is 85.9 Å². The Bertz CT molecular complexity index is 1040. The van der Waals surface area contributed by atoms with Crippen LogP contribution < -0.4 is 16.2 Å². The first-order valence-corrected chi connectivity index (χ1v) is 16.2. The summed E-state index contributed by atoms with van der Waals surface area (Å²) in [5, 5.41) is 18.9. The summed E-state index contributed by atoms with van der Waals surface area (Å²) in [7, 11) is 0.541. The zero-order chi connectivity index (χ0) is 30.8. The Kier molecular flexibility index (Phi) is 14.0. The predicted octanol–water partition coefficient (Wildman–Crippen LogP) is 7.14. The number of phenolic OH excluding ortho intramolecular Hbond substituents is 1. The van der Waals surface area contributed by atoms with Gasteiger partial charge in [-0.1, -0.05) is 81.4 Å². The fourth-order valence-electron chi connectivity index (χ4n) is 3.64. The highest BCUT2D eigenvalue weighted by atomic mass is 32.3. The van der Waals surface area contributed by atoms with E-state index < -0.39 is 10.0 Å². The van der Waals surface area contributed by atoms with Crippen LogP contribution in [0.5, 0.6) is 11.5 Å². The molecule has 0 saturated heterocycles. The van der Waals surface area contributed by atoms with Crippen molar-refractivity contribution in [1.29, 1.82) is 5.41 Å². The number of ether oxygens (including phenoxy) is 1. The fraction of sp³-hybridized carbons (Fsp3) is 0.548. The lowest BCUT2D eigenvalue weighted by Gasteiger charge is -2.33. The number of nitrogens with one attached hydrogen (secondary N) is 1. The number of phenols is 1. The van der Waals surface area contributed by atoms with E-state index in [0.29, 0.717) is 18.2 Å². The molecule has 2 aromatic rings. The van der Waals surface area contributed by atoms with Crippen molar-refractivity contribution >= 4 is 21.9 Å². The van der Waals surface area contributed by atoms with Gasteiger partial charge in [0.25, 0.3) is 0 Å². The molecule has 0 fully saturated rings. The van der Waals surface area contributed by atoms with Gasteiger partial charge in [-0.15, -0.1) is 0 Å². The van der Waals surface area contributed by atoms with Crippen molar-refractivity contribution < 1.29 is 9.84 Å². The molecule has 0 unspecified atom stereocenters. The average molecular weight is 562 g/mol. The van der Waals surface area contributed by atoms with Crippen LogP contribution in [0.2, 0.25) is 0 Å². The van der Waals surface area contributed by atoms with Crippen LogP contribution in [0.15, 0.2) is 46.3 Å². The van der Waals surface area contributed by atoms with Crippen LogP contribution in [0.3, 0.4) is 0 Å². The van der Waals surface area contributed by atoms with E-state index in [1.165, 1.54) is 4.90 Å². The molecular formula is C31H55N5O2S. The summed E-state index contributed by atoms with van der Waals surface area (Å²) >= 11 is 0. The molecule has 2 rings (SSSR count). The monoisotopic (exact) mass is 561 g/mol. The number of aromatic hydroxyl groups is 1. The Morgan fingerprint density at radius 1 is 0.923 bits per heavy atom. The van der Waals surface area contributed by atoms with Crippen molar-refractivity contribution in [2.45, 2.75) is 91.5 Å². The zero-order valence-corrected chi connectivity index (χ0v) is 27.5. The van der Waals surface area contributed by atoms with Crippen LogP contribution in [0, 0.1) is 5.41 Å². The minimum atomic E-state index is -1.24. The molecule has 39 heavy (non-hydrogen) atoms. The summed E-state index contributed by atoms with van der Waals surface area (Å²) < 4.78 is 6.37. The van der Waals surface area contributed by atoms with Gasteiger partial charge in [-0.25, -0.2) is 0 Å². The molecule has 0 bridgehead atoms. The molecule has 8 heteroatoms.